The number of hydrogen-bond donors (Lipinski definition) is 1. The molecule has 0 fully saturated rings. The number of sulfonamides is 1. The van der Waals surface area contributed by atoms with Crippen LogP contribution in [0, 0.1) is 5.92 Å². The molecule has 0 saturated heterocycles. The van der Waals surface area contributed by atoms with Crippen molar-refractivity contribution < 1.29 is 18.3 Å². The molecule has 3 atom stereocenters. The Morgan fingerprint density at radius 2 is 2.00 bits per heavy atom. The standard InChI is InChI=1S/C22H32N4O4S/c1-5-8-25(4)13-21-16(2)12-26(17(3)14-27)31(28,29)22-7-6-18(9-20(22)30-21)19-10-23-15-24-11-19/h6-7,9-11,15-17,21,27H,5,8,12-14H2,1-4H3/t16-,17+,21-/m1/s1. The Morgan fingerprint density at radius 3 is 2.65 bits per heavy atom. The minimum absolute atomic E-state index is 0.0695. The molecule has 1 aromatic carbocycles. The molecular formula is C22H32N4O4S. The first kappa shape index (κ1) is 23.6. The lowest BCUT2D eigenvalue weighted by Gasteiger charge is -2.37. The zero-order chi connectivity index (χ0) is 22.6. The second kappa shape index (κ2) is 10.0. The molecule has 8 nitrogen and oxygen atoms in total. The third kappa shape index (κ3) is 5.23. The Balaban J connectivity index is 2.10. The Morgan fingerprint density at radius 1 is 1.29 bits per heavy atom. The number of aromatic nitrogens is 2. The van der Waals surface area contributed by atoms with Crippen molar-refractivity contribution in [2.24, 2.45) is 5.92 Å². The Labute approximate surface area is 184 Å². The SMILES string of the molecule is CCCN(C)C[C@H]1Oc2cc(-c3cncnc3)ccc2S(=O)(=O)N([C@@H](C)CO)C[C@H]1C. The van der Waals surface area contributed by atoms with Gasteiger partial charge < -0.3 is 14.7 Å². The molecule has 170 valence electrons. The normalized spacial score (nSPS) is 22.3. The van der Waals surface area contributed by atoms with E-state index in [0.717, 1.165) is 24.1 Å². The zero-order valence-electron chi connectivity index (χ0n) is 18.6. The van der Waals surface area contributed by atoms with E-state index in [1.165, 1.54) is 10.6 Å². The molecule has 2 heterocycles. The summed E-state index contributed by atoms with van der Waals surface area (Å²) in [5, 5.41) is 9.73. The third-order valence-electron chi connectivity index (χ3n) is 5.66. The summed E-state index contributed by atoms with van der Waals surface area (Å²) in [6.45, 7) is 7.48. The van der Waals surface area contributed by atoms with Crippen LogP contribution in [0.2, 0.25) is 0 Å². The average molecular weight is 449 g/mol. The number of ether oxygens (including phenoxy) is 1. The fourth-order valence-electron chi connectivity index (χ4n) is 3.85. The van der Waals surface area contributed by atoms with Gasteiger partial charge in [0.2, 0.25) is 10.0 Å². The van der Waals surface area contributed by atoms with Gasteiger partial charge in [-0.3, -0.25) is 0 Å². The molecular weight excluding hydrogens is 416 g/mol. The van der Waals surface area contributed by atoms with E-state index in [1.54, 1.807) is 37.5 Å². The highest BCUT2D eigenvalue weighted by molar-refractivity contribution is 7.89. The summed E-state index contributed by atoms with van der Waals surface area (Å²) >= 11 is 0. The molecule has 0 aliphatic carbocycles. The first-order chi connectivity index (χ1) is 14.8. The van der Waals surface area contributed by atoms with E-state index in [1.807, 2.05) is 14.0 Å². The van der Waals surface area contributed by atoms with Gasteiger partial charge in [0.25, 0.3) is 0 Å². The fraction of sp³-hybridized carbons (Fsp3) is 0.545. The van der Waals surface area contributed by atoms with E-state index in [4.69, 9.17) is 4.74 Å². The molecule has 3 rings (SSSR count). The van der Waals surface area contributed by atoms with Crippen molar-refractivity contribution in [2.75, 3.05) is 33.3 Å². The molecule has 1 aliphatic heterocycles. The average Bonchev–Trinajstić information content (AvgIpc) is 2.76. The molecule has 9 heteroatoms. The van der Waals surface area contributed by atoms with Crippen molar-refractivity contribution in [2.45, 2.75) is 44.2 Å². The van der Waals surface area contributed by atoms with Crippen LogP contribution >= 0.6 is 0 Å². The first-order valence-corrected chi connectivity index (χ1v) is 12.1. The van der Waals surface area contributed by atoms with E-state index in [2.05, 4.69) is 21.8 Å². The Kier molecular flexibility index (Phi) is 7.64. The van der Waals surface area contributed by atoms with Crippen LogP contribution in [0.3, 0.4) is 0 Å². The summed E-state index contributed by atoms with van der Waals surface area (Å²) in [6.07, 6.45) is 5.63. The quantitative estimate of drug-likeness (QED) is 0.694. The van der Waals surface area contributed by atoms with Gasteiger partial charge in [-0.05, 0) is 44.6 Å². The lowest BCUT2D eigenvalue weighted by Crippen LogP contribution is -2.49. The van der Waals surface area contributed by atoms with Gasteiger partial charge in [-0.15, -0.1) is 0 Å². The van der Waals surface area contributed by atoms with E-state index >= 15 is 0 Å². The van der Waals surface area contributed by atoms with Gasteiger partial charge in [0.1, 0.15) is 23.1 Å². The third-order valence-corrected chi connectivity index (χ3v) is 7.68. The second-order valence-electron chi connectivity index (χ2n) is 8.29. The highest BCUT2D eigenvalue weighted by Crippen LogP contribution is 2.36. The van der Waals surface area contributed by atoms with Crippen LogP contribution in [0.25, 0.3) is 11.1 Å². The predicted molar refractivity (Wildman–Crippen MR) is 119 cm³/mol. The van der Waals surface area contributed by atoms with Gasteiger partial charge in [-0.1, -0.05) is 19.9 Å². The van der Waals surface area contributed by atoms with Gasteiger partial charge in [-0.25, -0.2) is 18.4 Å². The molecule has 0 amide bonds. The Hall–Kier alpha value is -2.07. The molecule has 0 radical (unpaired) electrons. The summed E-state index contributed by atoms with van der Waals surface area (Å²) in [5.74, 6) is 0.248. The highest BCUT2D eigenvalue weighted by Gasteiger charge is 2.38. The summed E-state index contributed by atoms with van der Waals surface area (Å²) in [5.41, 5.74) is 1.56. The van der Waals surface area contributed by atoms with Crippen molar-refractivity contribution >= 4 is 10.0 Å². The largest absolute Gasteiger partial charge is 0.487 e. The number of aliphatic hydroxyl groups is 1. The van der Waals surface area contributed by atoms with Crippen LogP contribution in [0.1, 0.15) is 27.2 Å². The zero-order valence-corrected chi connectivity index (χ0v) is 19.4. The molecule has 0 saturated carbocycles. The van der Waals surface area contributed by atoms with E-state index in [9.17, 15) is 13.5 Å². The Bertz CT molecular complexity index is 971. The minimum Gasteiger partial charge on any atom is -0.487 e. The van der Waals surface area contributed by atoms with Crippen molar-refractivity contribution in [3.05, 3.63) is 36.9 Å². The summed E-state index contributed by atoms with van der Waals surface area (Å²) in [7, 11) is -1.80. The minimum atomic E-state index is -3.84. The number of benzene rings is 1. The predicted octanol–water partition coefficient (Wildman–Crippen LogP) is 2.25. The van der Waals surface area contributed by atoms with E-state index in [0.29, 0.717) is 12.3 Å². The van der Waals surface area contributed by atoms with Gasteiger partial charge in [0.05, 0.1) is 6.61 Å². The number of nitrogens with zero attached hydrogens (tertiary/aromatic N) is 4. The molecule has 0 spiro atoms. The lowest BCUT2D eigenvalue weighted by atomic mass is 10.0. The second-order valence-corrected chi connectivity index (χ2v) is 10.1. The number of aliphatic hydroxyl groups excluding tert-OH is 1. The van der Waals surface area contributed by atoms with Crippen molar-refractivity contribution in [1.29, 1.82) is 0 Å². The molecule has 0 unspecified atom stereocenters. The summed E-state index contributed by atoms with van der Waals surface area (Å²) in [4.78, 5) is 10.4. The van der Waals surface area contributed by atoms with Crippen molar-refractivity contribution in [1.82, 2.24) is 19.2 Å². The smallest absolute Gasteiger partial charge is 0.247 e. The van der Waals surface area contributed by atoms with E-state index < -0.39 is 16.1 Å². The molecule has 0 bridgehead atoms. The molecule has 1 N–H and O–H groups in total. The van der Waals surface area contributed by atoms with Crippen LogP contribution in [0.4, 0.5) is 0 Å². The topological polar surface area (TPSA) is 95.9 Å². The van der Waals surface area contributed by atoms with Crippen molar-refractivity contribution in [3.8, 4) is 16.9 Å². The summed E-state index contributed by atoms with van der Waals surface area (Å²) < 4.78 is 34.8. The van der Waals surface area contributed by atoms with Gasteiger partial charge >= 0.3 is 0 Å². The molecule has 2 aromatic rings. The van der Waals surface area contributed by atoms with Gasteiger partial charge in [0, 0.05) is 43.0 Å². The van der Waals surface area contributed by atoms with Crippen LogP contribution in [-0.4, -0.2) is 78.1 Å². The number of likely N-dealkylation sites (N-methyl/N-ethyl adjacent to an activating group) is 1. The van der Waals surface area contributed by atoms with Gasteiger partial charge in [0.15, 0.2) is 0 Å². The number of rotatable bonds is 7. The van der Waals surface area contributed by atoms with Crippen LogP contribution in [-0.2, 0) is 10.0 Å². The highest BCUT2D eigenvalue weighted by atomic mass is 32.2. The summed E-state index contributed by atoms with van der Waals surface area (Å²) in [6, 6.07) is 4.53. The lowest BCUT2D eigenvalue weighted by molar-refractivity contribution is 0.0753. The maximum absolute atomic E-state index is 13.5. The fourth-order valence-corrected chi connectivity index (χ4v) is 5.68. The first-order valence-electron chi connectivity index (χ1n) is 10.6. The van der Waals surface area contributed by atoms with Crippen molar-refractivity contribution in [3.63, 3.8) is 0 Å². The molecule has 1 aliphatic rings. The molecule has 1 aromatic heterocycles. The van der Waals surface area contributed by atoms with Crippen LogP contribution in [0.5, 0.6) is 5.75 Å². The van der Waals surface area contributed by atoms with Crippen LogP contribution < -0.4 is 4.74 Å². The van der Waals surface area contributed by atoms with E-state index in [-0.39, 0.29) is 30.1 Å². The maximum Gasteiger partial charge on any atom is 0.247 e. The maximum atomic E-state index is 13.5. The monoisotopic (exact) mass is 448 g/mol. The van der Waals surface area contributed by atoms with Crippen LogP contribution in [0.15, 0.2) is 41.8 Å². The molecule has 31 heavy (non-hydrogen) atoms. The van der Waals surface area contributed by atoms with Gasteiger partial charge in [-0.2, -0.15) is 4.31 Å². The number of fused-ring (bicyclic) bond motifs is 1. The number of hydrogen-bond acceptors (Lipinski definition) is 7.